The number of ether oxygens (including phenoxy) is 1. The Kier molecular flexibility index (Phi) is 5.44. The van der Waals surface area contributed by atoms with E-state index in [9.17, 15) is 19.2 Å². The van der Waals surface area contributed by atoms with Crippen LogP contribution in [-0.4, -0.2) is 44.1 Å². The van der Waals surface area contributed by atoms with Gasteiger partial charge in [0.2, 0.25) is 11.8 Å². The van der Waals surface area contributed by atoms with Gasteiger partial charge in [0.1, 0.15) is 11.6 Å². The van der Waals surface area contributed by atoms with Gasteiger partial charge in [0.05, 0.1) is 17.1 Å². The summed E-state index contributed by atoms with van der Waals surface area (Å²) in [4.78, 5) is 51.9. The number of para-hydroxylation sites is 1. The molecule has 0 aliphatic carbocycles. The Balaban J connectivity index is 1.81. The van der Waals surface area contributed by atoms with Gasteiger partial charge in [-0.05, 0) is 39.7 Å². The van der Waals surface area contributed by atoms with E-state index in [1.165, 1.54) is 9.13 Å². The lowest BCUT2D eigenvalue weighted by molar-refractivity contribution is -0.135. The van der Waals surface area contributed by atoms with Gasteiger partial charge in [0.25, 0.3) is 0 Å². The molecule has 1 N–H and O–H groups in total. The van der Waals surface area contributed by atoms with Crippen molar-refractivity contribution in [1.29, 1.82) is 0 Å². The monoisotopic (exact) mass is 440 g/mol. The third-order valence-corrected chi connectivity index (χ3v) is 5.85. The topological polar surface area (TPSA) is 103 Å². The average molecular weight is 441 g/mol. The van der Waals surface area contributed by atoms with Crippen molar-refractivity contribution in [2.75, 3.05) is 6.54 Å². The van der Waals surface area contributed by atoms with Crippen molar-refractivity contribution in [2.24, 2.45) is 7.05 Å². The molecule has 1 aromatic carbocycles. The molecule has 9 heteroatoms. The number of benzene rings is 1. The van der Waals surface area contributed by atoms with Crippen molar-refractivity contribution in [2.45, 2.75) is 57.7 Å². The van der Waals surface area contributed by atoms with Crippen molar-refractivity contribution >= 4 is 28.9 Å². The summed E-state index contributed by atoms with van der Waals surface area (Å²) in [5.74, 6) is -0.806. The Morgan fingerprint density at radius 1 is 1.12 bits per heavy atom. The molecule has 1 fully saturated rings. The molecular formula is C23H28N4O5. The van der Waals surface area contributed by atoms with Crippen LogP contribution in [0.2, 0.25) is 0 Å². The summed E-state index contributed by atoms with van der Waals surface area (Å²) < 4.78 is 8.58. The summed E-state index contributed by atoms with van der Waals surface area (Å²) in [7, 11) is 1.66. The number of amides is 3. The van der Waals surface area contributed by atoms with Crippen LogP contribution in [0.3, 0.4) is 0 Å². The van der Waals surface area contributed by atoms with Crippen molar-refractivity contribution in [3.63, 3.8) is 0 Å². The van der Waals surface area contributed by atoms with Gasteiger partial charge in [-0.1, -0.05) is 24.3 Å². The Hall–Kier alpha value is -3.36. The van der Waals surface area contributed by atoms with Gasteiger partial charge in [-0.2, -0.15) is 0 Å². The van der Waals surface area contributed by atoms with Gasteiger partial charge in [-0.25, -0.2) is 9.59 Å². The molecule has 3 amide bonds. The fourth-order valence-electron chi connectivity index (χ4n) is 4.45. The van der Waals surface area contributed by atoms with Crippen LogP contribution in [0.1, 0.15) is 57.7 Å². The molecule has 4 rings (SSSR count). The first-order valence-electron chi connectivity index (χ1n) is 10.8. The second-order valence-corrected chi connectivity index (χ2v) is 9.25. The van der Waals surface area contributed by atoms with Gasteiger partial charge in [-0.3, -0.25) is 28.9 Å². The second-order valence-electron chi connectivity index (χ2n) is 9.25. The number of carbonyl (C=O) groups excluding carboxylic acids is 3. The lowest BCUT2D eigenvalue weighted by Gasteiger charge is -2.35. The minimum absolute atomic E-state index is 0.179. The van der Waals surface area contributed by atoms with Crippen molar-refractivity contribution in [3.05, 3.63) is 46.4 Å². The summed E-state index contributed by atoms with van der Waals surface area (Å²) in [5.41, 5.74) is 1.11. The smallest absolute Gasteiger partial charge is 0.411 e. The van der Waals surface area contributed by atoms with Crippen molar-refractivity contribution < 1.29 is 19.1 Å². The van der Waals surface area contributed by atoms with E-state index in [1.54, 1.807) is 18.0 Å². The van der Waals surface area contributed by atoms with Crippen LogP contribution in [0, 0.1) is 0 Å². The minimum atomic E-state index is -0.757. The predicted octanol–water partition coefficient (Wildman–Crippen LogP) is 2.56. The van der Waals surface area contributed by atoms with Gasteiger partial charge < -0.3 is 4.74 Å². The zero-order valence-electron chi connectivity index (χ0n) is 18.8. The normalized spacial score (nSPS) is 21.7. The van der Waals surface area contributed by atoms with Crippen molar-refractivity contribution in [1.82, 2.24) is 19.4 Å². The number of imide groups is 1. The van der Waals surface area contributed by atoms with Gasteiger partial charge >= 0.3 is 11.8 Å². The predicted molar refractivity (Wildman–Crippen MR) is 118 cm³/mol. The number of hydrogen-bond acceptors (Lipinski definition) is 5. The van der Waals surface area contributed by atoms with Crippen LogP contribution in [0.25, 0.3) is 11.0 Å². The highest BCUT2D eigenvalue weighted by Gasteiger charge is 2.34. The summed E-state index contributed by atoms with van der Waals surface area (Å²) in [5, 5.41) is 2.33. The number of rotatable bonds is 2. The minimum Gasteiger partial charge on any atom is -0.444 e. The summed E-state index contributed by atoms with van der Waals surface area (Å²) in [6.45, 7) is 5.87. The van der Waals surface area contributed by atoms with Gasteiger partial charge in [0, 0.05) is 25.6 Å². The first kappa shape index (κ1) is 21.9. The van der Waals surface area contributed by atoms with Crippen LogP contribution in [0.5, 0.6) is 0 Å². The molecule has 2 aromatic rings. The highest BCUT2D eigenvalue weighted by atomic mass is 16.6. The number of nitrogens with zero attached hydrogens (tertiary/aromatic N) is 3. The zero-order valence-corrected chi connectivity index (χ0v) is 18.8. The molecule has 2 aliphatic heterocycles. The Morgan fingerprint density at radius 3 is 2.56 bits per heavy atom. The molecule has 2 atom stereocenters. The molecular weight excluding hydrogens is 412 g/mol. The number of aryl methyl sites for hydroxylation is 1. The Bertz CT molecular complexity index is 1180. The first-order valence-corrected chi connectivity index (χ1v) is 10.8. The fourth-order valence-corrected chi connectivity index (χ4v) is 4.45. The Morgan fingerprint density at radius 2 is 1.88 bits per heavy atom. The number of hydrogen-bond donors (Lipinski definition) is 1. The van der Waals surface area contributed by atoms with Crippen LogP contribution in [-0.2, 0) is 21.4 Å². The maximum atomic E-state index is 13.2. The number of nitrogens with one attached hydrogen (secondary N) is 1. The highest BCUT2D eigenvalue weighted by molar-refractivity contribution is 6.00. The molecule has 0 spiro atoms. The molecule has 3 heterocycles. The molecule has 1 saturated heterocycles. The molecule has 170 valence electrons. The number of fused-ring (bicyclic) bond motifs is 1. The van der Waals surface area contributed by atoms with E-state index in [2.05, 4.69) is 5.32 Å². The zero-order chi connectivity index (χ0) is 23.2. The SMILES string of the molecule is Cn1c(=O)n(C2CCC(=O)NC2=O)c2cccc(C3CC=CCN3C(=O)OC(C)(C)C)c21. The third kappa shape index (κ3) is 3.83. The lowest BCUT2D eigenvalue weighted by Crippen LogP contribution is -2.44. The highest BCUT2D eigenvalue weighted by Crippen LogP contribution is 2.34. The van der Waals surface area contributed by atoms with Crippen LogP contribution in [0.15, 0.2) is 35.1 Å². The second kappa shape index (κ2) is 7.96. The van der Waals surface area contributed by atoms with Crippen LogP contribution in [0.4, 0.5) is 4.79 Å². The van der Waals surface area contributed by atoms with E-state index in [0.29, 0.717) is 24.0 Å². The quantitative estimate of drug-likeness (QED) is 0.571. The van der Waals surface area contributed by atoms with E-state index in [0.717, 1.165) is 5.56 Å². The Labute approximate surface area is 185 Å². The molecule has 1 aromatic heterocycles. The summed E-state index contributed by atoms with van der Waals surface area (Å²) in [6.07, 6.45) is 4.55. The molecule has 0 radical (unpaired) electrons. The molecule has 2 aliphatic rings. The average Bonchev–Trinajstić information content (AvgIpc) is 2.98. The van der Waals surface area contributed by atoms with E-state index in [1.807, 2.05) is 45.1 Å². The number of aromatic nitrogens is 2. The fraction of sp³-hybridized carbons (Fsp3) is 0.478. The van der Waals surface area contributed by atoms with E-state index >= 15 is 0 Å². The molecule has 32 heavy (non-hydrogen) atoms. The largest absolute Gasteiger partial charge is 0.444 e. The number of piperidine rings is 1. The van der Waals surface area contributed by atoms with Crippen LogP contribution >= 0.6 is 0 Å². The molecule has 0 saturated carbocycles. The van der Waals surface area contributed by atoms with E-state index < -0.39 is 23.6 Å². The molecule has 9 nitrogen and oxygen atoms in total. The van der Waals surface area contributed by atoms with Crippen molar-refractivity contribution in [3.8, 4) is 0 Å². The maximum absolute atomic E-state index is 13.2. The van der Waals surface area contributed by atoms with E-state index in [4.69, 9.17) is 4.74 Å². The number of carbonyl (C=O) groups is 3. The first-order chi connectivity index (χ1) is 15.1. The van der Waals surface area contributed by atoms with Gasteiger partial charge in [-0.15, -0.1) is 0 Å². The summed E-state index contributed by atoms with van der Waals surface area (Å²) >= 11 is 0. The maximum Gasteiger partial charge on any atom is 0.411 e. The molecule has 0 bridgehead atoms. The number of imidazole rings is 1. The third-order valence-electron chi connectivity index (χ3n) is 5.85. The van der Waals surface area contributed by atoms with E-state index in [-0.39, 0.29) is 30.5 Å². The summed E-state index contributed by atoms with van der Waals surface area (Å²) in [6, 6.07) is 4.44. The molecule has 2 unspecified atom stereocenters. The standard InChI is InChI=1S/C23H28N4O5/c1-23(2,3)32-22(31)26-13-6-5-9-15(26)14-8-7-10-16-19(14)25(4)21(30)27(16)17-11-12-18(28)24-20(17)29/h5-8,10,15,17H,9,11-13H2,1-4H3,(H,24,28,29). The lowest BCUT2D eigenvalue weighted by atomic mass is 9.97. The van der Waals surface area contributed by atoms with Gasteiger partial charge in [0.15, 0.2) is 0 Å². The van der Waals surface area contributed by atoms with Crippen LogP contribution < -0.4 is 11.0 Å².